The predicted octanol–water partition coefficient (Wildman–Crippen LogP) is 45.5. The van der Waals surface area contributed by atoms with Crippen molar-refractivity contribution in [1.29, 1.82) is 0 Å². The molecule has 0 N–H and O–H groups in total. The van der Waals surface area contributed by atoms with Crippen molar-refractivity contribution in [3.63, 3.8) is 0 Å². The van der Waals surface area contributed by atoms with Gasteiger partial charge in [0.1, 0.15) is 22.1 Å². The van der Waals surface area contributed by atoms with Gasteiger partial charge in [0.15, 0.2) is 11.5 Å². The number of nitrogens with zero attached hydrogens (tertiary/aromatic N) is 5. The monoisotopic (exact) mass is 2120 g/mol. The Kier molecular flexibility index (Phi) is 52.9. The molecule has 0 saturated heterocycles. The van der Waals surface area contributed by atoms with Gasteiger partial charge < -0.3 is 9.47 Å². The van der Waals surface area contributed by atoms with Gasteiger partial charge in [0.2, 0.25) is 0 Å². The average Bonchev–Trinajstić information content (AvgIpc) is 1.54. The molecule has 0 saturated carbocycles. The number of imide groups is 1. The minimum atomic E-state index is -0.160. The molecule has 0 spiro atoms. The van der Waals surface area contributed by atoms with Crippen LogP contribution >= 0.6 is 91.5 Å². The molecule has 9 nitrogen and oxygen atoms in total. The van der Waals surface area contributed by atoms with Crippen molar-refractivity contribution < 1.29 is 19.1 Å². The van der Waals surface area contributed by atoms with Crippen molar-refractivity contribution in [3.8, 4) is 62.3 Å². The number of hydrogen-bond acceptors (Lipinski definition) is 16. The van der Waals surface area contributed by atoms with E-state index in [-0.39, 0.29) is 17.7 Å². The molecule has 9 heterocycles. The number of unbranched alkanes of at least 4 members (excludes halogenated alkanes) is 58. The van der Waals surface area contributed by atoms with Gasteiger partial charge in [-0.1, -0.05) is 441 Å². The second-order valence-electron chi connectivity index (χ2n) is 43.9. The van der Waals surface area contributed by atoms with E-state index in [0.29, 0.717) is 30.9 Å². The number of thiophene rings is 6. The van der Waals surface area contributed by atoms with Crippen LogP contribution in [-0.4, -0.2) is 54.0 Å². The van der Waals surface area contributed by atoms with Gasteiger partial charge in [0, 0.05) is 81.1 Å². The Morgan fingerprint density at radius 1 is 0.255 bits per heavy atom. The SMILES string of the molecule is CCCCCCCCCCCCc1c2cc(-c3ccc(-c4c5c(c(-c6ccc(-c7cc8c(CCCCCCCCCCCC)c9sc(-c%10c(OCCCCCCCC)c(OCCCCCCCC)c(C)c%11nsnc%10%11)cc9c(CCCCCCCCCCCC)c8s7)s6)c6nsnc46)C(=O)N(CC(CCCCCCCC)CCCCCCCCCC)C5=O)s3)sc2c(CCCCCCCCCCCC)c2cc(C)sc12. The van der Waals surface area contributed by atoms with Gasteiger partial charge in [-0.25, -0.2) is 0 Å². The molecule has 12 aromatic rings. The number of carbonyl (C=O) groups excluding carboxylic acids is 2. The highest BCUT2D eigenvalue weighted by molar-refractivity contribution is 7.28. The van der Waals surface area contributed by atoms with E-state index in [9.17, 15) is 0 Å². The summed E-state index contributed by atoms with van der Waals surface area (Å²) in [5.41, 5.74) is 14.1. The summed E-state index contributed by atoms with van der Waals surface area (Å²) in [6.07, 6.45) is 90.3. The van der Waals surface area contributed by atoms with Crippen LogP contribution in [0, 0.1) is 19.8 Å². The third-order valence-corrected chi connectivity index (χ3v) is 40.2. The zero-order chi connectivity index (χ0) is 101. The van der Waals surface area contributed by atoms with E-state index in [1.807, 2.05) is 45.3 Å². The third kappa shape index (κ3) is 33.8. The maximum absolute atomic E-state index is 16.7. The normalized spacial score (nSPS) is 12.7. The molecule has 0 bridgehead atoms. The van der Waals surface area contributed by atoms with Gasteiger partial charge in [-0.3, -0.25) is 14.5 Å². The maximum atomic E-state index is 16.7. The van der Waals surface area contributed by atoms with Gasteiger partial charge in [-0.05, 0) is 189 Å². The quantitative estimate of drug-likeness (QED) is 0.0274. The summed E-state index contributed by atoms with van der Waals surface area (Å²) in [5, 5.41) is 5.74. The Bertz CT molecular complexity index is 5600. The molecule has 0 fully saturated rings. The number of hydrogen-bond donors (Lipinski definition) is 0. The number of benzene rings is 4. The summed E-state index contributed by atoms with van der Waals surface area (Å²) in [4.78, 5) is 44.7. The van der Waals surface area contributed by atoms with Crippen LogP contribution in [0.5, 0.6) is 11.5 Å². The van der Waals surface area contributed by atoms with Crippen molar-refractivity contribution in [3.05, 3.63) is 92.4 Å². The zero-order valence-corrected chi connectivity index (χ0v) is 98.9. The number of amides is 2. The molecule has 13 rings (SSSR count). The van der Waals surface area contributed by atoms with Crippen LogP contribution in [-0.2, 0) is 25.7 Å². The molecule has 0 radical (unpaired) electrons. The van der Waals surface area contributed by atoms with E-state index in [1.165, 1.54) is 477 Å². The molecule has 17 heteroatoms. The average molecular weight is 2120 g/mol. The lowest BCUT2D eigenvalue weighted by Crippen LogP contribution is -2.34. The molecule has 1 unspecified atom stereocenters. The van der Waals surface area contributed by atoms with Crippen LogP contribution < -0.4 is 9.47 Å². The topological polar surface area (TPSA) is 107 Å². The van der Waals surface area contributed by atoms with Crippen molar-refractivity contribution in [2.45, 2.75) is 532 Å². The summed E-state index contributed by atoms with van der Waals surface area (Å²) < 4.78 is 41.4. The summed E-state index contributed by atoms with van der Waals surface area (Å²) in [6.45, 7) is 24.8. The largest absolute Gasteiger partial charge is 0.489 e. The third-order valence-electron chi connectivity index (χ3n) is 31.9. The lowest BCUT2D eigenvalue weighted by molar-refractivity contribution is 0.0622. The summed E-state index contributed by atoms with van der Waals surface area (Å²) in [5.74, 6) is 1.59. The summed E-state index contributed by atoms with van der Waals surface area (Å²) in [7, 11) is 0. The first-order valence-electron chi connectivity index (χ1n) is 60.4. The number of carbonyl (C=O) groups is 2. The van der Waals surface area contributed by atoms with Crippen molar-refractivity contribution in [2.24, 2.45) is 5.92 Å². The number of aryl methyl sites for hydroxylation is 6. The molecule has 4 aromatic carbocycles. The zero-order valence-electron chi connectivity index (χ0n) is 92.4. The van der Waals surface area contributed by atoms with Crippen molar-refractivity contribution in [2.75, 3.05) is 19.8 Å². The van der Waals surface area contributed by atoms with E-state index in [0.717, 1.165) is 155 Å². The minimum absolute atomic E-state index is 0.158. The molecule has 1 aliphatic rings. The van der Waals surface area contributed by atoms with Gasteiger partial charge in [-0.2, -0.15) is 17.5 Å². The highest BCUT2D eigenvalue weighted by Gasteiger charge is 2.44. The molecular formula is C128H189N5O4S8. The van der Waals surface area contributed by atoms with E-state index in [4.69, 9.17) is 27.0 Å². The maximum Gasteiger partial charge on any atom is 0.262 e. The summed E-state index contributed by atoms with van der Waals surface area (Å²) in [6, 6.07) is 19.5. The molecule has 0 aliphatic carbocycles. The van der Waals surface area contributed by atoms with Gasteiger partial charge in [-0.15, -0.1) is 68.0 Å². The second-order valence-corrected chi connectivity index (χ2v) is 51.5. The molecule has 145 heavy (non-hydrogen) atoms. The number of aromatic nitrogens is 4. The van der Waals surface area contributed by atoms with Gasteiger partial charge in [0.25, 0.3) is 11.8 Å². The Labute approximate surface area is 911 Å². The molecule has 1 atom stereocenters. The first-order chi connectivity index (χ1) is 71.5. The molecule has 798 valence electrons. The van der Waals surface area contributed by atoms with Crippen LogP contribution in [0.2, 0.25) is 0 Å². The van der Waals surface area contributed by atoms with Crippen LogP contribution in [0.4, 0.5) is 0 Å². The first-order valence-corrected chi connectivity index (χ1v) is 66.8. The van der Waals surface area contributed by atoms with Crippen LogP contribution in [0.3, 0.4) is 0 Å². The number of ether oxygens (including phenoxy) is 2. The Balaban J connectivity index is 0.919. The van der Waals surface area contributed by atoms with Crippen LogP contribution in [0.15, 0.2) is 48.5 Å². The minimum Gasteiger partial charge on any atom is -0.489 e. The lowest BCUT2D eigenvalue weighted by Gasteiger charge is -2.23. The fourth-order valence-corrected chi connectivity index (χ4v) is 31.7. The van der Waals surface area contributed by atoms with Crippen LogP contribution in [0.25, 0.3) is 113 Å². The van der Waals surface area contributed by atoms with Crippen molar-refractivity contribution >= 4 is 166 Å². The second kappa shape index (κ2) is 65.8. The van der Waals surface area contributed by atoms with E-state index < -0.39 is 0 Å². The van der Waals surface area contributed by atoms with Gasteiger partial charge >= 0.3 is 0 Å². The highest BCUT2D eigenvalue weighted by Crippen LogP contribution is 2.57. The van der Waals surface area contributed by atoms with Gasteiger partial charge in [0.05, 0.1) is 53.4 Å². The first kappa shape index (κ1) is 117. The molecular weight excluding hydrogens is 1930 g/mol. The molecule has 2 amide bonds. The summed E-state index contributed by atoms with van der Waals surface area (Å²) >= 11 is 14.1. The smallest absolute Gasteiger partial charge is 0.262 e. The van der Waals surface area contributed by atoms with E-state index in [2.05, 4.69) is 118 Å². The lowest BCUT2D eigenvalue weighted by atomic mass is 9.93. The Morgan fingerprint density at radius 3 is 0.855 bits per heavy atom. The Hall–Kier alpha value is -5.50. The molecule has 1 aliphatic heterocycles. The Morgan fingerprint density at radius 2 is 0.517 bits per heavy atom. The fraction of sp³-hybridized carbons (Fsp3) is 0.672. The van der Waals surface area contributed by atoms with E-state index in [1.54, 1.807) is 38.7 Å². The van der Waals surface area contributed by atoms with Crippen molar-refractivity contribution in [1.82, 2.24) is 22.4 Å². The fourth-order valence-electron chi connectivity index (χ4n) is 23.3. The highest BCUT2D eigenvalue weighted by atomic mass is 32.1. The number of rotatable bonds is 83. The molecule has 8 aromatic heterocycles. The standard InChI is InChI=1S/C128H189N5O4S8/c1-11-19-27-35-43-48-52-57-63-71-79-97-101-89-94(9)138-123(101)98(80-72-64-58-53-49-44-36-28-20-12-2)102-90-109(141-124(97)102)105-83-85-107(139-105)112-115-116(128(135)133(127(115)134)93-96(77-69-61-40-32-24-16-6)78-70-62-56-47-39-31-23-15-5)113(119-118(112)130-145-131-119)108-86-84-106(140-108)110-91-103-99(81-73-65-59-54-50-45-37-29-21-13-3)126-104(100(125(103)142-110)82-74-66-60-55-51-46-38-30-22-14-4)92-111(143-126)114-120-117(129-144-132-120)95(10)121(136-87-75-67-41-33-25-17-7)122(114)137-88-76-68-42-34-26-18-8/h83-86,89-92,96H,11-82,87-88,93H2,1-10H3. The predicted molar refractivity (Wildman–Crippen MR) is 646 cm³/mol. The van der Waals surface area contributed by atoms with Crippen LogP contribution in [0.1, 0.15) is 545 Å². The number of fused-ring (bicyclic) bond motifs is 7. The van der Waals surface area contributed by atoms with E-state index >= 15 is 9.59 Å².